The summed E-state index contributed by atoms with van der Waals surface area (Å²) < 4.78 is 0. The Morgan fingerprint density at radius 2 is 1.65 bits per heavy atom. The van der Waals surface area contributed by atoms with Crippen LogP contribution in [0.2, 0.25) is 0 Å². The Hall–Kier alpha value is -1.06. The Bertz CT molecular complexity index is 285. The van der Waals surface area contributed by atoms with Gasteiger partial charge in [0.1, 0.15) is 0 Å². The summed E-state index contributed by atoms with van der Waals surface area (Å²) in [5.74, 6) is 0. The van der Waals surface area contributed by atoms with E-state index in [0.717, 1.165) is 26.2 Å². The van der Waals surface area contributed by atoms with Crippen molar-refractivity contribution in [3.05, 3.63) is 30.3 Å². The third kappa shape index (κ3) is 6.97. The number of anilines is 1. The molecular weight excluding hydrogens is 210 g/mol. The lowest BCUT2D eigenvalue weighted by molar-refractivity contribution is 0.308. The summed E-state index contributed by atoms with van der Waals surface area (Å²) in [6.07, 6.45) is 1.23. The van der Waals surface area contributed by atoms with Crippen LogP contribution in [-0.4, -0.2) is 57.1 Å². The standard InChI is InChI=1S/C14H25N3/c1-16(2)11-7-12-17(3)13-10-15-14-8-5-4-6-9-14/h4-6,8-9,15H,7,10-13H2,1-3H3. The van der Waals surface area contributed by atoms with Gasteiger partial charge in [0.15, 0.2) is 0 Å². The normalized spacial score (nSPS) is 11.1. The van der Waals surface area contributed by atoms with Crippen molar-refractivity contribution in [1.82, 2.24) is 9.80 Å². The van der Waals surface area contributed by atoms with Crippen LogP contribution in [0.1, 0.15) is 6.42 Å². The van der Waals surface area contributed by atoms with Gasteiger partial charge in [-0.25, -0.2) is 0 Å². The zero-order chi connectivity index (χ0) is 12.5. The van der Waals surface area contributed by atoms with Crippen LogP contribution in [0, 0.1) is 0 Å². The zero-order valence-electron chi connectivity index (χ0n) is 11.3. The van der Waals surface area contributed by atoms with Gasteiger partial charge in [0.05, 0.1) is 0 Å². The van der Waals surface area contributed by atoms with Gasteiger partial charge in [0.25, 0.3) is 0 Å². The van der Waals surface area contributed by atoms with Gasteiger partial charge in [-0.3, -0.25) is 0 Å². The molecule has 0 fully saturated rings. The number of hydrogen-bond acceptors (Lipinski definition) is 3. The summed E-state index contributed by atoms with van der Waals surface area (Å²) in [5.41, 5.74) is 1.20. The van der Waals surface area contributed by atoms with Gasteiger partial charge < -0.3 is 15.1 Å². The maximum atomic E-state index is 3.42. The van der Waals surface area contributed by atoms with E-state index < -0.39 is 0 Å². The van der Waals surface area contributed by atoms with Crippen LogP contribution >= 0.6 is 0 Å². The lowest BCUT2D eigenvalue weighted by Crippen LogP contribution is -2.28. The molecule has 0 spiro atoms. The SMILES string of the molecule is CN(C)CCCN(C)CCNc1ccccc1. The summed E-state index contributed by atoms with van der Waals surface area (Å²) in [5, 5.41) is 3.42. The van der Waals surface area contributed by atoms with Gasteiger partial charge in [0.2, 0.25) is 0 Å². The van der Waals surface area contributed by atoms with Crippen molar-refractivity contribution in [2.45, 2.75) is 6.42 Å². The number of nitrogens with one attached hydrogen (secondary N) is 1. The highest BCUT2D eigenvalue weighted by Gasteiger charge is 1.98. The number of benzene rings is 1. The van der Waals surface area contributed by atoms with Crippen molar-refractivity contribution < 1.29 is 0 Å². The molecule has 0 aliphatic rings. The fraction of sp³-hybridized carbons (Fsp3) is 0.571. The van der Waals surface area contributed by atoms with E-state index in [-0.39, 0.29) is 0 Å². The Kier molecular flexibility index (Phi) is 6.67. The molecule has 0 unspecified atom stereocenters. The first-order valence-corrected chi connectivity index (χ1v) is 6.30. The van der Waals surface area contributed by atoms with E-state index in [2.05, 4.69) is 60.5 Å². The van der Waals surface area contributed by atoms with Crippen LogP contribution in [0.25, 0.3) is 0 Å². The number of para-hydroxylation sites is 1. The Morgan fingerprint density at radius 3 is 2.29 bits per heavy atom. The first kappa shape index (κ1) is 14.0. The molecule has 17 heavy (non-hydrogen) atoms. The molecule has 0 heterocycles. The molecule has 0 radical (unpaired) electrons. The third-order valence-corrected chi connectivity index (χ3v) is 2.74. The van der Waals surface area contributed by atoms with Gasteiger partial charge in [-0.15, -0.1) is 0 Å². The maximum absolute atomic E-state index is 3.42. The third-order valence-electron chi connectivity index (χ3n) is 2.74. The van der Waals surface area contributed by atoms with Gasteiger partial charge in [0, 0.05) is 18.8 Å². The van der Waals surface area contributed by atoms with Crippen molar-refractivity contribution in [2.24, 2.45) is 0 Å². The van der Waals surface area contributed by atoms with E-state index in [1.807, 2.05) is 6.07 Å². The second-order valence-electron chi connectivity index (χ2n) is 4.75. The molecule has 0 aromatic heterocycles. The summed E-state index contributed by atoms with van der Waals surface area (Å²) in [4.78, 5) is 4.61. The van der Waals surface area contributed by atoms with Crippen LogP contribution < -0.4 is 5.32 Å². The summed E-state index contributed by atoms with van der Waals surface area (Å²) in [6.45, 7) is 4.41. The van der Waals surface area contributed by atoms with Gasteiger partial charge in [-0.1, -0.05) is 18.2 Å². The minimum Gasteiger partial charge on any atom is -0.384 e. The fourth-order valence-electron chi connectivity index (χ4n) is 1.72. The van der Waals surface area contributed by atoms with Crippen LogP contribution in [0.3, 0.4) is 0 Å². The van der Waals surface area contributed by atoms with Crippen molar-refractivity contribution >= 4 is 5.69 Å². The van der Waals surface area contributed by atoms with Gasteiger partial charge in [-0.05, 0) is 52.8 Å². The van der Waals surface area contributed by atoms with E-state index in [1.165, 1.54) is 12.1 Å². The Balaban J connectivity index is 2.06. The van der Waals surface area contributed by atoms with Crippen molar-refractivity contribution in [2.75, 3.05) is 52.6 Å². The zero-order valence-corrected chi connectivity index (χ0v) is 11.3. The van der Waals surface area contributed by atoms with Crippen molar-refractivity contribution in [3.63, 3.8) is 0 Å². The molecule has 0 atom stereocenters. The minimum absolute atomic E-state index is 1.00. The fourth-order valence-corrected chi connectivity index (χ4v) is 1.72. The molecular formula is C14H25N3. The van der Waals surface area contributed by atoms with Crippen LogP contribution in [0.15, 0.2) is 30.3 Å². The second kappa shape index (κ2) is 8.09. The minimum atomic E-state index is 1.00. The molecule has 1 aromatic rings. The molecule has 0 saturated heterocycles. The lowest BCUT2D eigenvalue weighted by atomic mass is 10.3. The predicted molar refractivity (Wildman–Crippen MR) is 75.6 cm³/mol. The summed E-state index contributed by atoms with van der Waals surface area (Å²) in [7, 11) is 6.43. The predicted octanol–water partition coefficient (Wildman–Crippen LogP) is 1.98. The van der Waals surface area contributed by atoms with E-state index in [1.54, 1.807) is 0 Å². The average molecular weight is 235 g/mol. The number of nitrogens with zero attached hydrogens (tertiary/aromatic N) is 2. The number of hydrogen-bond donors (Lipinski definition) is 1. The Morgan fingerprint density at radius 1 is 0.941 bits per heavy atom. The monoisotopic (exact) mass is 235 g/mol. The van der Waals surface area contributed by atoms with E-state index in [4.69, 9.17) is 0 Å². The number of likely N-dealkylation sites (N-methyl/N-ethyl adjacent to an activating group) is 1. The van der Waals surface area contributed by atoms with E-state index in [0.29, 0.717) is 0 Å². The van der Waals surface area contributed by atoms with Gasteiger partial charge in [-0.2, -0.15) is 0 Å². The average Bonchev–Trinajstić information content (AvgIpc) is 2.30. The first-order valence-electron chi connectivity index (χ1n) is 6.30. The first-order chi connectivity index (χ1) is 8.18. The maximum Gasteiger partial charge on any atom is 0.0340 e. The molecule has 0 saturated carbocycles. The smallest absolute Gasteiger partial charge is 0.0340 e. The van der Waals surface area contributed by atoms with Crippen LogP contribution in [-0.2, 0) is 0 Å². The van der Waals surface area contributed by atoms with Crippen LogP contribution in [0.4, 0.5) is 5.69 Å². The highest BCUT2D eigenvalue weighted by Crippen LogP contribution is 2.03. The molecule has 0 amide bonds. The van der Waals surface area contributed by atoms with Gasteiger partial charge >= 0.3 is 0 Å². The quantitative estimate of drug-likeness (QED) is 0.743. The van der Waals surface area contributed by atoms with E-state index >= 15 is 0 Å². The molecule has 3 nitrogen and oxygen atoms in total. The summed E-state index contributed by atoms with van der Waals surface area (Å²) >= 11 is 0. The largest absolute Gasteiger partial charge is 0.384 e. The molecule has 3 heteroatoms. The molecule has 1 rings (SSSR count). The highest BCUT2D eigenvalue weighted by molar-refractivity contribution is 5.42. The van der Waals surface area contributed by atoms with E-state index in [9.17, 15) is 0 Å². The van der Waals surface area contributed by atoms with Crippen molar-refractivity contribution in [3.8, 4) is 0 Å². The molecule has 0 bridgehead atoms. The second-order valence-corrected chi connectivity index (χ2v) is 4.75. The molecule has 1 N–H and O–H groups in total. The molecule has 0 aliphatic heterocycles. The molecule has 1 aromatic carbocycles. The molecule has 96 valence electrons. The highest BCUT2D eigenvalue weighted by atomic mass is 15.1. The lowest BCUT2D eigenvalue weighted by Gasteiger charge is -2.18. The topological polar surface area (TPSA) is 18.5 Å². The Labute approximate surface area is 105 Å². The summed E-state index contributed by atoms with van der Waals surface area (Å²) in [6, 6.07) is 10.4. The molecule has 0 aliphatic carbocycles. The van der Waals surface area contributed by atoms with Crippen LogP contribution in [0.5, 0.6) is 0 Å². The number of rotatable bonds is 8. The van der Waals surface area contributed by atoms with Crippen molar-refractivity contribution in [1.29, 1.82) is 0 Å².